The molecule has 3 aliphatic rings. The number of carbonyl (C=O) groups excluding carboxylic acids is 2. The van der Waals surface area contributed by atoms with Crippen LogP contribution >= 0.6 is 0 Å². The summed E-state index contributed by atoms with van der Waals surface area (Å²) in [7, 11) is 1.49. The van der Waals surface area contributed by atoms with E-state index in [0.717, 1.165) is 42.5 Å². The van der Waals surface area contributed by atoms with Crippen LogP contribution < -0.4 is 10.1 Å². The second-order valence-electron chi connectivity index (χ2n) is 10.0. The number of aromatic hydroxyl groups is 1. The minimum Gasteiger partial charge on any atom is -0.504 e. The Hall–Kier alpha value is -3.54. The van der Waals surface area contributed by atoms with Gasteiger partial charge in [0.05, 0.1) is 12.7 Å². The molecule has 0 amide bonds. The Morgan fingerprint density at radius 2 is 1.75 bits per heavy atom. The fraction of sp³-hybridized carbons (Fsp3) is 0.400. The van der Waals surface area contributed by atoms with Crippen molar-refractivity contribution in [1.82, 2.24) is 5.32 Å². The number of allylic oxidation sites excluding steroid dienone is 3. The van der Waals surface area contributed by atoms with Crippen LogP contribution in [0.25, 0.3) is 0 Å². The number of esters is 1. The predicted molar refractivity (Wildman–Crippen MR) is 137 cm³/mol. The number of hydrogen-bond acceptors (Lipinski definition) is 6. The number of nitrogens with one attached hydrogen (secondary N) is 1. The molecular formula is C30H33NO5. The number of benzene rings is 2. The standard InChI is InChI=1S/C30H33NO5/c1-18-27(30(34)36-22-11-7-4-8-12-22)28(20-13-14-24(32)26(17-20)35-2)29-23(31-18)15-21(16-25(29)33)19-9-5-3-6-10-19/h3,5-6,9-10,13-14,17,21-22,28,31-32H,4,7-8,11-12,15-16H2,1-2H3. The minimum atomic E-state index is -0.587. The molecule has 2 N–H and O–H groups in total. The summed E-state index contributed by atoms with van der Waals surface area (Å²) in [5, 5.41) is 13.6. The molecule has 2 aromatic carbocycles. The molecule has 2 aliphatic carbocycles. The van der Waals surface area contributed by atoms with E-state index in [9.17, 15) is 14.7 Å². The summed E-state index contributed by atoms with van der Waals surface area (Å²) < 4.78 is 11.3. The minimum absolute atomic E-state index is 0.00975. The van der Waals surface area contributed by atoms with E-state index in [0.29, 0.717) is 35.4 Å². The number of phenolic OH excluding ortho intramolecular Hbond substituents is 1. The first-order valence-corrected chi connectivity index (χ1v) is 12.8. The lowest BCUT2D eigenvalue weighted by molar-refractivity contribution is -0.146. The summed E-state index contributed by atoms with van der Waals surface area (Å²) in [5.74, 6) is -0.565. The highest BCUT2D eigenvalue weighted by Gasteiger charge is 2.42. The van der Waals surface area contributed by atoms with Gasteiger partial charge in [0.15, 0.2) is 17.3 Å². The Morgan fingerprint density at radius 3 is 2.47 bits per heavy atom. The van der Waals surface area contributed by atoms with Gasteiger partial charge in [0.25, 0.3) is 0 Å². The zero-order chi connectivity index (χ0) is 25.2. The summed E-state index contributed by atoms with van der Waals surface area (Å²) in [4.78, 5) is 27.3. The number of methoxy groups -OCH3 is 1. The summed E-state index contributed by atoms with van der Waals surface area (Å²) >= 11 is 0. The van der Waals surface area contributed by atoms with E-state index in [1.165, 1.54) is 13.5 Å². The molecule has 1 aliphatic heterocycles. The molecule has 2 unspecified atom stereocenters. The lowest BCUT2D eigenvalue weighted by Gasteiger charge is -2.37. The highest BCUT2D eigenvalue weighted by atomic mass is 16.5. The smallest absolute Gasteiger partial charge is 0.337 e. The van der Waals surface area contributed by atoms with Crippen LogP contribution in [0.4, 0.5) is 0 Å². The number of carbonyl (C=O) groups is 2. The number of ether oxygens (including phenoxy) is 2. The highest BCUT2D eigenvalue weighted by molar-refractivity contribution is 6.04. The molecule has 0 radical (unpaired) electrons. The van der Waals surface area contributed by atoms with Gasteiger partial charge in [-0.15, -0.1) is 0 Å². The van der Waals surface area contributed by atoms with E-state index in [2.05, 4.69) is 17.4 Å². The predicted octanol–water partition coefficient (Wildman–Crippen LogP) is 5.64. The Balaban J connectivity index is 1.56. The normalized spacial score (nSPS) is 22.7. The molecule has 1 saturated carbocycles. The van der Waals surface area contributed by atoms with Gasteiger partial charge < -0.3 is 19.9 Å². The second-order valence-corrected chi connectivity index (χ2v) is 10.0. The van der Waals surface area contributed by atoms with Crippen molar-refractivity contribution in [3.05, 3.63) is 82.2 Å². The van der Waals surface area contributed by atoms with Crippen molar-refractivity contribution in [3.8, 4) is 11.5 Å². The van der Waals surface area contributed by atoms with Crippen LogP contribution in [0.5, 0.6) is 11.5 Å². The molecule has 36 heavy (non-hydrogen) atoms. The Labute approximate surface area is 212 Å². The highest BCUT2D eigenvalue weighted by Crippen LogP contribution is 2.47. The van der Waals surface area contributed by atoms with Crippen molar-refractivity contribution in [2.45, 2.75) is 69.8 Å². The largest absolute Gasteiger partial charge is 0.504 e. The number of Topliss-reactive ketones (excluding diaryl/α,β-unsaturated/α-hetero) is 1. The molecule has 188 valence electrons. The molecule has 0 saturated heterocycles. The van der Waals surface area contributed by atoms with Crippen LogP contribution in [0.15, 0.2) is 71.1 Å². The van der Waals surface area contributed by atoms with Crippen molar-refractivity contribution in [1.29, 1.82) is 0 Å². The first-order valence-electron chi connectivity index (χ1n) is 12.8. The zero-order valence-corrected chi connectivity index (χ0v) is 20.9. The van der Waals surface area contributed by atoms with Gasteiger partial charge in [0.2, 0.25) is 0 Å². The first kappa shape index (κ1) is 24.2. The van der Waals surface area contributed by atoms with E-state index in [1.54, 1.807) is 18.2 Å². The van der Waals surface area contributed by atoms with Gasteiger partial charge in [0.1, 0.15) is 6.10 Å². The second kappa shape index (κ2) is 10.2. The lowest BCUT2D eigenvalue weighted by atomic mass is 9.71. The monoisotopic (exact) mass is 487 g/mol. The summed E-state index contributed by atoms with van der Waals surface area (Å²) in [5.41, 5.74) is 4.47. The molecule has 1 heterocycles. The molecule has 5 rings (SSSR count). The number of phenols is 1. The molecule has 1 fully saturated rings. The molecule has 6 heteroatoms. The molecular weight excluding hydrogens is 454 g/mol. The van der Waals surface area contributed by atoms with Crippen molar-refractivity contribution < 1.29 is 24.2 Å². The van der Waals surface area contributed by atoms with E-state index in [4.69, 9.17) is 9.47 Å². The molecule has 2 atom stereocenters. The summed E-state index contributed by atoms with van der Waals surface area (Å²) in [6.45, 7) is 1.88. The van der Waals surface area contributed by atoms with E-state index in [-0.39, 0.29) is 29.5 Å². The van der Waals surface area contributed by atoms with Gasteiger partial charge in [-0.1, -0.05) is 42.8 Å². The van der Waals surface area contributed by atoms with Crippen molar-refractivity contribution >= 4 is 11.8 Å². The topological polar surface area (TPSA) is 84.9 Å². The molecule has 0 spiro atoms. The van der Waals surface area contributed by atoms with E-state index < -0.39 is 5.92 Å². The van der Waals surface area contributed by atoms with Crippen molar-refractivity contribution in [3.63, 3.8) is 0 Å². The van der Waals surface area contributed by atoms with Gasteiger partial charge in [-0.25, -0.2) is 4.79 Å². The molecule has 0 bridgehead atoms. The van der Waals surface area contributed by atoms with Crippen LogP contribution in [0.1, 0.15) is 74.8 Å². The number of dihydropyridines is 1. The number of rotatable bonds is 5. The Kier molecular flexibility index (Phi) is 6.86. The SMILES string of the molecule is COc1cc(C2C(C(=O)OC3CCCCC3)=C(C)NC3=C2C(=O)CC(c2ccccc2)C3)ccc1O. The third kappa shape index (κ3) is 4.64. The molecule has 0 aromatic heterocycles. The zero-order valence-electron chi connectivity index (χ0n) is 20.9. The fourth-order valence-electron chi connectivity index (χ4n) is 5.88. The van der Waals surface area contributed by atoms with Crippen molar-refractivity contribution in [2.75, 3.05) is 7.11 Å². The Morgan fingerprint density at radius 1 is 1.00 bits per heavy atom. The van der Waals surface area contributed by atoms with Crippen molar-refractivity contribution in [2.24, 2.45) is 0 Å². The average molecular weight is 488 g/mol. The lowest BCUT2D eigenvalue weighted by Crippen LogP contribution is -2.37. The van der Waals surface area contributed by atoms with Crippen LogP contribution in [0.2, 0.25) is 0 Å². The van der Waals surface area contributed by atoms with Gasteiger partial charge in [0, 0.05) is 29.3 Å². The van der Waals surface area contributed by atoms with E-state index >= 15 is 0 Å². The Bertz CT molecular complexity index is 1220. The first-order chi connectivity index (χ1) is 17.5. The molecule has 2 aromatic rings. The quantitative estimate of drug-likeness (QED) is 0.531. The maximum absolute atomic E-state index is 13.7. The third-order valence-corrected chi connectivity index (χ3v) is 7.68. The maximum Gasteiger partial charge on any atom is 0.337 e. The van der Waals surface area contributed by atoms with Gasteiger partial charge >= 0.3 is 5.97 Å². The molecule has 6 nitrogen and oxygen atoms in total. The third-order valence-electron chi connectivity index (χ3n) is 7.68. The van der Waals surface area contributed by atoms with Crippen LogP contribution in [-0.2, 0) is 14.3 Å². The number of ketones is 1. The van der Waals surface area contributed by atoms with Crippen LogP contribution in [0.3, 0.4) is 0 Å². The van der Waals surface area contributed by atoms with Crippen LogP contribution in [0, 0.1) is 0 Å². The van der Waals surface area contributed by atoms with Gasteiger partial charge in [-0.05, 0) is 68.2 Å². The van der Waals surface area contributed by atoms with E-state index in [1.807, 2.05) is 25.1 Å². The number of hydrogen-bond donors (Lipinski definition) is 2. The van der Waals surface area contributed by atoms with Gasteiger partial charge in [-0.3, -0.25) is 4.79 Å². The summed E-state index contributed by atoms with van der Waals surface area (Å²) in [6, 6.07) is 15.1. The van der Waals surface area contributed by atoms with Gasteiger partial charge in [-0.2, -0.15) is 0 Å². The van der Waals surface area contributed by atoms with Crippen LogP contribution in [-0.4, -0.2) is 30.1 Å². The summed E-state index contributed by atoms with van der Waals surface area (Å²) in [6.07, 6.45) is 5.98. The average Bonchev–Trinajstić information content (AvgIpc) is 2.89. The fourth-order valence-corrected chi connectivity index (χ4v) is 5.88. The maximum atomic E-state index is 13.7.